The lowest BCUT2D eigenvalue weighted by atomic mass is 9.89. The molecule has 0 bridgehead atoms. The summed E-state index contributed by atoms with van der Waals surface area (Å²) >= 11 is 1.49. The van der Waals surface area contributed by atoms with Crippen LogP contribution >= 0.6 is 11.5 Å². The monoisotopic (exact) mass is 279 g/mol. The van der Waals surface area contributed by atoms with Gasteiger partial charge in [0.2, 0.25) is 0 Å². The Morgan fingerprint density at radius 3 is 2.79 bits per heavy atom. The summed E-state index contributed by atoms with van der Waals surface area (Å²) in [5.41, 5.74) is 2.30. The van der Waals surface area contributed by atoms with Gasteiger partial charge in [0, 0.05) is 11.5 Å². The molecule has 0 saturated carbocycles. The molecule has 0 aromatic carbocycles. The van der Waals surface area contributed by atoms with Crippen molar-refractivity contribution in [3.8, 4) is 0 Å². The zero-order valence-electron chi connectivity index (χ0n) is 11.9. The second kappa shape index (κ2) is 5.84. The molecule has 19 heavy (non-hydrogen) atoms. The quantitative estimate of drug-likeness (QED) is 0.912. The minimum Gasteiger partial charge on any atom is -0.472 e. The van der Waals surface area contributed by atoms with E-state index in [2.05, 4.69) is 42.6 Å². The third-order valence-corrected chi connectivity index (χ3v) is 3.85. The first-order valence-corrected chi connectivity index (χ1v) is 7.37. The van der Waals surface area contributed by atoms with Gasteiger partial charge >= 0.3 is 0 Å². The molecule has 0 aliphatic carbocycles. The fourth-order valence-corrected chi connectivity index (χ4v) is 3.03. The molecule has 2 heterocycles. The van der Waals surface area contributed by atoms with Gasteiger partial charge in [0.15, 0.2) is 0 Å². The van der Waals surface area contributed by atoms with Crippen LogP contribution in [0.15, 0.2) is 23.0 Å². The Morgan fingerprint density at radius 2 is 2.21 bits per heavy atom. The van der Waals surface area contributed by atoms with Gasteiger partial charge in [-0.2, -0.15) is 0 Å². The van der Waals surface area contributed by atoms with E-state index in [1.54, 1.807) is 12.5 Å². The topological polar surface area (TPSA) is 51.0 Å². The molecule has 104 valence electrons. The van der Waals surface area contributed by atoms with Crippen molar-refractivity contribution in [2.45, 2.75) is 45.6 Å². The summed E-state index contributed by atoms with van der Waals surface area (Å²) in [5.74, 6) is 0. The van der Waals surface area contributed by atoms with Gasteiger partial charge in [-0.05, 0) is 36.1 Å². The Hall–Kier alpha value is -1.20. The fraction of sp³-hybridized carbons (Fsp3) is 0.571. The summed E-state index contributed by atoms with van der Waals surface area (Å²) < 4.78 is 9.30. The van der Waals surface area contributed by atoms with Gasteiger partial charge in [0.25, 0.3) is 0 Å². The molecule has 0 spiro atoms. The molecule has 0 radical (unpaired) electrons. The minimum atomic E-state index is 0.0202. The largest absolute Gasteiger partial charge is 0.472 e. The number of hydrogen-bond donors (Lipinski definition) is 1. The van der Waals surface area contributed by atoms with Crippen molar-refractivity contribution < 1.29 is 4.42 Å². The molecule has 1 N–H and O–H groups in total. The highest BCUT2D eigenvalue weighted by Gasteiger charge is 2.27. The molecule has 1 unspecified atom stereocenters. The van der Waals surface area contributed by atoms with Gasteiger partial charge in [-0.3, -0.25) is 0 Å². The molecule has 0 fully saturated rings. The molecular formula is C14H21N3OS. The van der Waals surface area contributed by atoms with Gasteiger partial charge in [-0.1, -0.05) is 32.2 Å². The van der Waals surface area contributed by atoms with Gasteiger partial charge in [0.05, 0.1) is 23.1 Å². The molecule has 0 aliphatic heterocycles. The Morgan fingerprint density at radius 1 is 1.42 bits per heavy atom. The van der Waals surface area contributed by atoms with Crippen LogP contribution in [0.1, 0.15) is 49.9 Å². The van der Waals surface area contributed by atoms with Crippen molar-refractivity contribution in [2.75, 3.05) is 6.54 Å². The number of nitrogens with one attached hydrogen (secondary N) is 1. The molecule has 0 aliphatic rings. The second-order valence-electron chi connectivity index (χ2n) is 5.68. The van der Waals surface area contributed by atoms with Crippen molar-refractivity contribution in [1.29, 1.82) is 0 Å². The van der Waals surface area contributed by atoms with Gasteiger partial charge in [-0.15, -0.1) is 5.10 Å². The predicted octanol–water partition coefficient (Wildman–Crippen LogP) is 3.32. The number of rotatable bonds is 5. The Kier molecular flexibility index (Phi) is 4.37. The van der Waals surface area contributed by atoms with E-state index >= 15 is 0 Å². The van der Waals surface area contributed by atoms with E-state index in [9.17, 15) is 0 Å². The van der Waals surface area contributed by atoms with Crippen LogP contribution in [-0.4, -0.2) is 16.1 Å². The van der Waals surface area contributed by atoms with E-state index in [1.807, 2.05) is 6.07 Å². The van der Waals surface area contributed by atoms with Crippen LogP contribution in [0, 0.1) is 0 Å². The van der Waals surface area contributed by atoms with Crippen molar-refractivity contribution >= 4 is 11.5 Å². The molecule has 2 aromatic rings. The molecule has 1 atom stereocenters. The van der Waals surface area contributed by atoms with Crippen LogP contribution in [-0.2, 0) is 11.8 Å². The van der Waals surface area contributed by atoms with E-state index in [-0.39, 0.29) is 11.5 Å². The number of hydrogen-bond acceptors (Lipinski definition) is 5. The fourth-order valence-electron chi connectivity index (χ4n) is 2.09. The van der Waals surface area contributed by atoms with Crippen LogP contribution in [0.3, 0.4) is 0 Å². The molecule has 0 amide bonds. The average Bonchev–Trinajstić information content (AvgIpc) is 2.98. The van der Waals surface area contributed by atoms with Crippen molar-refractivity contribution in [3.05, 3.63) is 34.7 Å². The predicted molar refractivity (Wildman–Crippen MR) is 77.4 cm³/mol. The van der Waals surface area contributed by atoms with Crippen LogP contribution < -0.4 is 5.32 Å². The standard InChI is InChI=1S/C14H21N3OS/c1-5-15-11(8-10-6-7-18-9-10)12-13(14(2,3)4)16-17-19-12/h6-7,9,11,15H,5,8H2,1-4H3. The number of likely N-dealkylation sites (N-methyl/N-ethyl adjacent to an activating group) is 1. The van der Waals surface area contributed by atoms with E-state index in [0.29, 0.717) is 0 Å². The van der Waals surface area contributed by atoms with Gasteiger partial charge < -0.3 is 9.73 Å². The average molecular weight is 279 g/mol. The minimum absolute atomic E-state index is 0.0202. The summed E-state index contributed by atoms with van der Waals surface area (Å²) in [6, 6.07) is 2.26. The maximum Gasteiger partial charge on any atom is 0.0935 e. The van der Waals surface area contributed by atoms with E-state index < -0.39 is 0 Å². The highest BCUT2D eigenvalue weighted by Crippen LogP contribution is 2.31. The normalized spacial score (nSPS) is 13.7. The van der Waals surface area contributed by atoms with E-state index in [1.165, 1.54) is 22.0 Å². The lowest BCUT2D eigenvalue weighted by Crippen LogP contribution is -2.25. The van der Waals surface area contributed by atoms with Crippen LogP contribution in [0.2, 0.25) is 0 Å². The lowest BCUT2D eigenvalue weighted by molar-refractivity contribution is 0.510. The van der Waals surface area contributed by atoms with Crippen molar-refractivity contribution in [1.82, 2.24) is 14.9 Å². The first-order chi connectivity index (χ1) is 9.02. The number of nitrogens with zero attached hydrogens (tertiary/aromatic N) is 2. The zero-order chi connectivity index (χ0) is 13.9. The third kappa shape index (κ3) is 3.42. The molecule has 2 aromatic heterocycles. The highest BCUT2D eigenvalue weighted by molar-refractivity contribution is 7.05. The molecule has 2 rings (SSSR count). The molecule has 0 saturated heterocycles. The second-order valence-corrected chi connectivity index (χ2v) is 6.47. The maximum absolute atomic E-state index is 5.15. The lowest BCUT2D eigenvalue weighted by Gasteiger charge is -2.22. The van der Waals surface area contributed by atoms with Gasteiger partial charge in [-0.25, -0.2) is 0 Å². The SMILES string of the molecule is CCNC(Cc1ccoc1)c1snnc1C(C)(C)C. The summed E-state index contributed by atoms with van der Waals surface area (Å²) in [4.78, 5) is 1.23. The highest BCUT2D eigenvalue weighted by atomic mass is 32.1. The van der Waals surface area contributed by atoms with Crippen LogP contribution in [0.5, 0.6) is 0 Å². The first kappa shape index (κ1) is 14.2. The third-order valence-electron chi connectivity index (χ3n) is 3.01. The molecule has 5 heteroatoms. The molecular weight excluding hydrogens is 258 g/mol. The first-order valence-electron chi connectivity index (χ1n) is 6.59. The zero-order valence-corrected chi connectivity index (χ0v) is 12.8. The Labute approximate surface area is 118 Å². The van der Waals surface area contributed by atoms with E-state index in [4.69, 9.17) is 4.42 Å². The van der Waals surface area contributed by atoms with E-state index in [0.717, 1.165) is 18.7 Å². The summed E-state index contributed by atoms with van der Waals surface area (Å²) in [7, 11) is 0. The maximum atomic E-state index is 5.15. The summed E-state index contributed by atoms with van der Waals surface area (Å²) in [6.07, 6.45) is 4.42. The van der Waals surface area contributed by atoms with Crippen LogP contribution in [0.4, 0.5) is 0 Å². The Balaban J connectivity index is 2.26. The smallest absolute Gasteiger partial charge is 0.0935 e. The number of furan rings is 1. The van der Waals surface area contributed by atoms with Crippen molar-refractivity contribution in [2.24, 2.45) is 0 Å². The van der Waals surface area contributed by atoms with Gasteiger partial charge in [0.1, 0.15) is 0 Å². The molecule has 4 nitrogen and oxygen atoms in total. The Bertz CT molecular complexity index is 499. The summed E-state index contributed by atoms with van der Waals surface area (Å²) in [6.45, 7) is 9.56. The van der Waals surface area contributed by atoms with Crippen molar-refractivity contribution in [3.63, 3.8) is 0 Å². The van der Waals surface area contributed by atoms with Crippen LogP contribution in [0.25, 0.3) is 0 Å². The number of aromatic nitrogens is 2. The summed E-state index contributed by atoms with van der Waals surface area (Å²) in [5, 5.41) is 7.85.